The summed E-state index contributed by atoms with van der Waals surface area (Å²) < 4.78 is 16.5. The first-order chi connectivity index (χ1) is 16.5. The van der Waals surface area contributed by atoms with Crippen molar-refractivity contribution in [3.63, 3.8) is 0 Å². The van der Waals surface area contributed by atoms with Gasteiger partial charge in [-0.1, -0.05) is 26.0 Å². The zero-order valence-corrected chi connectivity index (χ0v) is 20.6. The molecule has 2 aliphatic carbocycles. The van der Waals surface area contributed by atoms with E-state index in [1.54, 1.807) is 0 Å². The lowest BCUT2D eigenvalue weighted by atomic mass is 9.46. The van der Waals surface area contributed by atoms with Gasteiger partial charge in [-0.3, -0.25) is 0 Å². The molecule has 1 saturated heterocycles. The fourth-order valence-corrected chi connectivity index (χ4v) is 7.08. The van der Waals surface area contributed by atoms with Crippen molar-refractivity contribution >= 4 is 5.97 Å². The van der Waals surface area contributed by atoms with Gasteiger partial charge in [-0.25, -0.2) is 4.79 Å². The van der Waals surface area contributed by atoms with Gasteiger partial charge in [0, 0.05) is 11.0 Å². The van der Waals surface area contributed by atoms with Gasteiger partial charge in [0.05, 0.1) is 19.3 Å². The number of aliphatic hydroxyl groups excluding tert-OH is 5. The molecule has 5 N–H and O–H groups in total. The summed E-state index contributed by atoms with van der Waals surface area (Å²) >= 11 is 0. The number of hydrogen-bond donors (Lipinski definition) is 5. The minimum absolute atomic E-state index is 0.0772. The van der Waals surface area contributed by atoms with E-state index in [2.05, 4.69) is 13.5 Å². The zero-order valence-electron chi connectivity index (χ0n) is 20.6. The molecule has 6 unspecified atom stereocenters. The first-order valence-corrected chi connectivity index (χ1v) is 12.7. The number of carbonyl (C=O) groups is 1. The lowest BCUT2D eigenvalue weighted by Gasteiger charge is -2.60. The van der Waals surface area contributed by atoms with E-state index < -0.39 is 48.8 Å². The van der Waals surface area contributed by atoms with Crippen LogP contribution in [0, 0.1) is 22.7 Å². The second-order valence-electron chi connectivity index (χ2n) is 11.2. The van der Waals surface area contributed by atoms with E-state index in [9.17, 15) is 30.3 Å². The molecule has 0 aromatic rings. The van der Waals surface area contributed by atoms with Crippen LogP contribution in [0.4, 0.5) is 0 Å². The lowest BCUT2D eigenvalue weighted by molar-refractivity contribution is -0.313. The number of ether oxygens (including phenoxy) is 3. The highest BCUT2D eigenvalue weighted by molar-refractivity contribution is 5.90. The van der Waals surface area contributed by atoms with Gasteiger partial charge in [-0.05, 0) is 61.9 Å². The van der Waals surface area contributed by atoms with Crippen molar-refractivity contribution < 1.29 is 44.5 Å². The van der Waals surface area contributed by atoms with Crippen LogP contribution in [0.15, 0.2) is 23.8 Å². The maximum Gasteiger partial charge on any atom is 0.334 e. The predicted molar refractivity (Wildman–Crippen MR) is 125 cm³/mol. The topological polar surface area (TPSA) is 146 Å². The summed E-state index contributed by atoms with van der Waals surface area (Å²) in [6.07, 6.45) is -1.06. The number of rotatable bonds is 7. The number of carbonyl (C=O) groups excluding carboxylic acids is 1. The van der Waals surface area contributed by atoms with Gasteiger partial charge in [0.1, 0.15) is 31.0 Å². The summed E-state index contributed by atoms with van der Waals surface area (Å²) in [5.74, 6) is 0.0169. The van der Waals surface area contributed by atoms with Crippen LogP contribution in [-0.4, -0.2) is 88.1 Å². The Bertz CT molecular complexity index is 841. The summed E-state index contributed by atoms with van der Waals surface area (Å²) in [7, 11) is 0. The zero-order chi connectivity index (χ0) is 25.5. The van der Waals surface area contributed by atoms with E-state index in [-0.39, 0.29) is 29.8 Å². The van der Waals surface area contributed by atoms with Crippen LogP contribution in [0.3, 0.4) is 0 Å². The molecule has 9 heteroatoms. The molecule has 2 saturated carbocycles. The second kappa shape index (κ2) is 10.2. The van der Waals surface area contributed by atoms with Crippen molar-refractivity contribution in [2.75, 3.05) is 19.8 Å². The Labute approximate surface area is 206 Å². The Kier molecular flexibility index (Phi) is 7.79. The average molecular weight is 497 g/mol. The maximum absolute atomic E-state index is 11.9. The van der Waals surface area contributed by atoms with Crippen LogP contribution in [0.2, 0.25) is 0 Å². The number of fused-ring (bicyclic) bond motifs is 1. The number of allylic oxidation sites excluding steroid dienone is 1. The average Bonchev–Trinajstić information content (AvgIpc) is 3.24. The molecular formula is C26H40O9. The van der Waals surface area contributed by atoms with Crippen LogP contribution in [-0.2, 0) is 19.0 Å². The minimum atomic E-state index is -1.51. The van der Waals surface area contributed by atoms with Crippen LogP contribution < -0.4 is 0 Å². The van der Waals surface area contributed by atoms with Crippen LogP contribution >= 0.6 is 0 Å². The molecule has 35 heavy (non-hydrogen) atoms. The van der Waals surface area contributed by atoms with Gasteiger partial charge in [0.2, 0.25) is 0 Å². The van der Waals surface area contributed by atoms with Crippen molar-refractivity contribution in [2.45, 2.75) is 89.2 Å². The third kappa shape index (κ3) is 4.72. The lowest BCUT2D eigenvalue weighted by Crippen LogP contribution is -2.61. The van der Waals surface area contributed by atoms with Crippen LogP contribution in [0.25, 0.3) is 0 Å². The van der Waals surface area contributed by atoms with Crippen molar-refractivity contribution in [1.29, 1.82) is 0 Å². The van der Waals surface area contributed by atoms with E-state index in [4.69, 9.17) is 14.2 Å². The molecule has 0 bridgehead atoms. The standard InChI is InChI=1S/C26H40O9/c1-14-4-7-18-25(2,16(14)6-5-15-9-11-33-23(15)32)10-8-19(28)26(18,3)13-34-24-22(31)21(30)20(29)17(12-27)35-24/h9,16-22,24,27-31H,1,4-8,10-13H2,2-3H3/t16-,17?,18?,19-,20?,21?,22?,24?,25+,26+/m1/s1. The first kappa shape index (κ1) is 26.7. The number of aliphatic hydroxyl groups is 5. The van der Waals surface area contributed by atoms with Crippen molar-refractivity contribution in [1.82, 2.24) is 0 Å². The van der Waals surface area contributed by atoms with Gasteiger partial charge in [0.15, 0.2) is 6.29 Å². The van der Waals surface area contributed by atoms with Gasteiger partial charge < -0.3 is 39.7 Å². The second-order valence-corrected chi connectivity index (χ2v) is 11.2. The highest BCUT2D eigenvalue weighted by Gasteiger charge is 2.58. The predicted octanol–water partition coefficient (Wildman–Crippen LogP) is 0.816. The third-order valence-corrected chi connectivity index (χ3v) is 9.27. The Morgan fingerprint density at radius 3 is 2.54 bits per heavy atom. The fraction of sp³-hybridized carbons (Fsp3) is 0.808. The number of cyclic esters (lactones) is 1. The Hall–Kier alpha value is -1.33. The Morgan fingerprint density at radius 1 is 1.14 bits per heavy atom. The van der Waals surface area contributed by atoms with Crippen molar-refractivity contribution in [3.8, 4) is 0 Å². The molecule has 0 aromatic carbocycles. The fourth-order valence-electron chi connectivity index (χ4n) is 7.08. The van der Waals surface area contributed by atoms with Crippen molar-refractivity contribution in [3.05, 3.63) is 23.8 Å². The molecule has 3 fully saturated rings. The molecule has 0 amide bonds. The SMILES string of the molecule is C=C1CCC2[C@](C)(COC3OC(CO)C(O)C(O)C3O)[C@H](O)CC[C@@]2(C)[C@@H]1CCC1=CCOC1=O. The molecule has 4 aliphatic rings. The van der Waals surface area contributed by atoms with Crippen LogP contribution in [0.5, 0.6) is 0 Å². The molecule has 2 heterocycles. The Balaban J connectivity index is 1.50. The van der Waals surface area contributed by atoms with E-state index in [1.807, 2.05) is 13.0 Å². The van der Waals surface area contributed by atoms with E-state index in [0.29, 0.717) is 25.0 Å². The summed E-state index contributed by atoms with van der Waals surface area (Å²) in [4.78, 5) is 11.9. The Morgan fingerprint density at radius 2 is 1.89 bits per heavy atom. The minimum Gasteiger partial charge on any atom is -0.458 e. The normalized spacial score (nSPS) is 46.2. The number of hydrogen-bond acceptors (Lipinski definition) is 9. The number of esters is 1. The summed E-state index contributed by atoms with van der Waals surface area (Å²) in [6.45, 7) is 8.48. The van der Waals surface area contributed by atoms with E-state index in [1.165, 1.54) is 5.57 Å². The highest BCUT2D eigenvalue weighted by Crippen LogP contribution is 2.62. The molecule has 0 spiro atoms. The molecule has 9 nitrogen and oxygen atoms in total. The van der Waals surface area contributed by atoms with Crippen LogP contribution in [0.1, 0.15) is 52.4 Å². The van der Waals surface area contributed by atoms with E-state index in [0.717, 1.165) is 25.7 Å². The molecular weight excluding hydrogens is 456 g/mol. The maximum atomic E-state index is 11.9. The summed E-state index contributed by atoms with van der Waals surface area (Å²) in [5, 5.41) is 51.2. The van der Waals surface area contributed by atoms with E-state index >= 15 is 0 Å². The molecule has 2 aliphatic heterocycles. The first-order valence-electron chi connectivity index (χ1n) is 12.7. The summed E-state index contributed by atoms with van der Waals surface area (Å²) in [6, 6.07) is 0. The molecule has 10 atom stereocenters. The highest BCUT2D eigenvalue weighted by atomic mass is 16.7. The molecule has 198 valence electrons. The van der Waals surface area contributed by atoms with Crippen molar-refractivity contribution in [2.24, 2.45) is 22.7 Å². The largest absolute Gasteiger partial charge is 0.458 e. The van der Waals surface area contributed by atoms with Gasteiger partial charge in [-0.15, -0.1) is 0 Å². The van der Waals surface area contributed by atoms with Gasteiger partial charge in [0.25, 0.3) is 0 Å². The monoisotopic (exact) mass is 496 g/mol. The quantitative estimate of drug-likeness (QED) is 0.255. The third-order valence-electron chi connectivity index (χ3n) is 9.27. The summed E-state index contributed by atoms with van der Waals surface area (Å²) in [5.41, 5.74) is 1.07. The van der Waals surface area contributed by atoms with Gasteiger partial charge >= 0.3 is 5.97 Å². The molecule has 0 aromatic heterocycles. The molecule has 4 rings (SSSR count). The van der Waals surface area contributed by atoms with Gasteiger partial charge in [-0.2, -0.15) is 0 Å². The molecule has 0 radical (unpaired) electrons. The smallest absolute Gasteiger partial charge is 0.334 e.